The van der Waals surface area contributed by atoms with E-state index >= 15 is 0 Å². The fourth-order valence-electron chi connectivity index (χ4n) is 3.37. The Morgan fingerprint density at radius 2 is 1.71 bits per heavy atom. The number of halogens is 1. The summed E-state index contributed by atoms with van der Waals surface area (Å²) in [4.78, 5) is 24.6. The van der Waals surface area contributed by atoms with E-state index in [1.54, 1.807) is 24.3 Å². The molecular formula is C19H29ClN4O4. The third kappa shape index (κ3) is 5.81. The van der Waals surface area contributed by atoms with Crippen LogP contribution in [0, 0.1) is 5.41 Å². The first-order valence-corrected chi connectivity index (χ1v) is 9.47. The fourth-order valence-corrected chi connectivity index (χ4v) is 3.37. The Labute approximate surface area is 171 Å². The summed E-state index contributed by atoms with van der Waals surface area (Å²) in [7, 11) is 0. The van der Waals surface area contributed by atoms with E-state index in [1.807, 2.05) is 0 Å². The van der Waals surface area contributed by atoms with Gasteiger partial charge in [0.1, 0.15) is 0 Å². The number of benzene rings is 1. The third-order valence-corrected chi connectivity index (χ3v) is 5.24. The highest BCUT2D eigenvalue weighted by atomic mass is 35.5. The van der Waals surface area contributed by atoms with Gasteiger partial charge in [-0.25, -0.2) is 4.79 Å². The van der Waals surface area contributed by atoms with Crippen LogP contribution in [0.4, 0.5) is 16.2 Å². The van der Waals surface area contributed by atoms with Crippen LogP contribution in [0.1, 0.15) is 25.7 Å². The van der Waals surface area contributed by atoms with Crippen molar-refractivity contribution < 1.29 is 19.1 Å². The molecular weight excluding hydrogens is 384 g/mol. The summed E-state index contributed by atoms with van der Waals surface area (Å²) in [5.41, 5.74) is 6.61. The average Bonchev–Trinajstić information content (AvgIpc) is 3.22. The monoisotopic (exact) mass is 412 g/mol. The van der Waals surface area contributed by atoms with Crippen molar-refractivity contribution in [1.82, 2.24) is 5.32 Å². The molecule has 2 aliphatic heterocycles. The Morgan fingerprint density at radius 3 is 2.29 bits per heavy atom. The van der Waals surface area contributed by atoms with Crippen LogP contribution in [0.25, 0.3) is 0 Å². The van der Waals surface area contributed by atoms with Crippen LogP contribution in [0.2, 0.25) is 0 Å². The quantitative estimate of drug-likeness (QED) is 0.571. The number of ether oxygens (including phenoxy) is 2. The van der Waals surface area contributed by atoms with Gasteiger partial charge >= 0.3 is 6.03 Å². The zero-order valence-corrected chi connectivity index (χ0v) is 16.7. The SMILES string of the molecule is Cl.NCC1(C(=O)Nc2ccc(NC(=O)NCC3CCCO3)cc2)CCOCC1. The zero-order chi connectivity index (χ0) is 19.1. The zero-order valence-electron chi connectivity index (χ0n) is 15.9. The predicted molar refractivity (Wildman–Crippen MR) is 110 cm³/mol. The highest BCUT2D eigenvalue weighted by Gasteiger charge is 2.38. The Bertz CT molecular complexity index is 644. The van der Waals surface area contributed by atoms with Crippen molar-refractivity contribution in [1.29, 1.82) is 0 Å². The van der Waals surface area contributed by atoms with Crippen LogP contribution < -0.4 is 21.7 Å². The van der Waals surface area contributed by atoms with Crippen LogP contribution in [0.15, 0.2) is 24.3 Å². The minimum Gasteiger partial charge on any atom is -0.381 e. The summed E-state index contributed by atoms with van der Waals surface area (Å²) in [5.74, 6) is -0.0803. The van der Waals surface area contributed by atoms with Crippen LogP contribution in [0.5, 0.6) is 0 Å². The van der Waals surface area contributed by atoms with Gasteiger partial charge in [0.25, 0.3) is 0 Å². The van der Waals surface area contributed by atoms with Crippen molar-refractivity contribution in [3.63, 3.8) is 0 Å². The van der Waals surface area contributed by atoms with Crippen molar-refractivity contribution in [3.8, 4) is 0 Å². The average molecular weight is 413 g/mol. The number of amides is 3. The molecule has 2 saturated heterocycles. The molecule has 0 aliphatic carbocycles. The second kappa shape index (κ2) is 10.6. The van der Waals surface area contributed by atoms with E-state index < -0.39 is 5.41 Å². The number of carbonyl (C=O) groups excluding carboxylic acids is 2. The summed E-state index contributed by atoms with van der Waals surface area (Å²) in [6, 6.07) is 6.75. The first-order chi connectivity index (χ1) is 13.1. The van der Waals surface area contributed by atoms with E-state index in [4.69, 9.17) is 15.2 Å². The predicted octanol–water partition coefficient (Wildman–Crippen LogP) is 2.10. The highest BCUT2D eigenvalue weighted by molar-refractivity contribution is 5.96. The molecule has 0 aromatic heterocycles. The van der Waals surface area contributed by atoms with Gasteiger partial charge in [-0.2, -0.15) is 0 Å². The summed E-state index contributed by atoms with van der Waals surface area (Å²) in [6.07, 6.45) is 3.37. The molecule has 8 nitrogen and oxygen atoms in total. The molecule has 28 heavy (non-hydrogen) atoms. The van der Waals surface area contributed by atoms with Gasteiger partial charge in [0.15, 0.2) is 0 Å². The van der Waals surface area contributed by atoms with E-state index in [1.165, 1.54) is 0 Å². The van der Waals surface area contributed by atoms with Gasteiger partial charge in [-0.05, 0) is 49.9 Å². The fraction of sp³-hybridized carbons (Fsp3) is 0.579. The van der Waals surface area contributed by atoms with Gasteiger partial charge in [0.05, 0.1) is 11.5 Å². The number of urea groups is 1. The van der Waals surface area contributed by atoms with Crippen molar-refractivity contribution in [3.05, 3.63) is 24.3 Å². The summed E-state index contributed by atoms with van der Waals surface area (Å²) < 4.78 is 10.8. The largest absolute Gasteiger partial charge is 0.381 e. The lowest BCUT2D eigenvalue weighted by molar-refractivity contribution is -0.130. The van der Waals surface area contributed by atoms with Gasteiger partial charge in [-0.3, -0.25) is 4.79 Å². The number of hydrogen-bond donors (Lipinski definition) is 4. The van der Waals surface area contributed by atoms with Gasteiger partial charge in [-0.1, -0.05) is 0 Å². The molecule has 156 valence electrons. The van der Waals surface area contributed by atoms with Crippen molar-refractivity contribution in [2.75, 3.05) is 43.5 Å². The summed E-state index contributed by atoms with van der Waals surface area (Å²) in [6.45, 7) is 2.67. The first-order valence-electron chi connectivity index (χ1n) is 9.47. The Hall–Kier alpha value is -1.87. The number of hydrogen-bond acceptors (Lipinski definition) is 5. The minimum atomic E-state index is -0.572. The van der Waals surface area contributed by atoms with Crippen LogP contribution in [-0.4, -0.2) is 51.0 Å². The third-order valence-electron chi connectivity index (χ3n) is 5.24. The molecule has 3 amide bonds. The number of anilines is 2. The van der Waals surface area contributed by atoms with Crippen LogP contribution in [0.3, 0.4) is 0 Å². The molecule has 0 spiro atoms. The van der Waals surface area contributed by atoms with Gasteiger partial charge in [0, 0.05) is 44.3 Å². The maximum atomic E-state index is 12.7. The molecule has 5 N–H and O–H groups in total. The van der Waals surface area contributed by atoms with E-state index in [-0.39, 0.29) is 30.4 Å². The number of nitrogens with one attached hydrogen (secondary N) is 3. The minimum absolute atomic E-state index is 0. The Kier molecular flexibility index (Phi) is 8.50. The van der Waals surface area contributed by atoms with Crippen molar-refractivity contribution in [2.45, 2.75) is 31.8 Å². The standard InChI is InChI=1S/C19H28N4O4.ClH/c20-13-19(7-10-26-11-8-19)17(24)22-14-3-5-15(6-4-14)23-18(25)21-12-16-2-1-9-27-16;/h3-6,16H,1-2,7-13,20H2,(H,22,24)(H2,21,23,25);1H. The van der Waals surface area contributed by atoms with Gasteiger partial charge in [0.2, 0.25) is 5.91 Å². The molecule has 9 heteroatoms. The van der Waals surface area contributed by atoms with Crippen molar-refractivity contribution in [2.24, 2.45) is 11.1 Å². The Morgan fingerprint density at radius 1 is 1.07 bits per heavy atom. The molecule has 2 aliphatic rings. The van der Waals surface area contributed by atoms with Gasteiger partial charge in [-0.15, -0.1) is 12.4 Å². The molecule has 0 bridgehead atoms. The molecule has 2 heterocycles. The number of carbonyl (C=O) groups is 2. The van der Waals surface area contributed by atoms with E-state index in [0.717, 1.165) is 19.4 Å². The maximum Gasteiger partial charge on any atom is 0.319 e. The first kappa shape index (κ1) is 22.4. The van der Waals surface area contributed by atoms with Crippen LogP contribution in [-0.2, 0) is 14.3 Å². The van der Waals surface area contributed by atoms with E-state index in [0.29, 0.717) is 50.5 Å². The normalized spacial score (nSPS) is 20.7. The molecule has 1 unspecified atom stereocenters. The molecule has 0 saturated carbocycles. The highest BCUT2D eigenvalue weighted by Crippen LogP contribution is 2.31. The number of nitrogens with two attached hydrogens (primary N) is 1. The maximum absolute atomic E-state index is 12.7. The van der Waals surface area contributed by atoms with Crippen molar-refractivity contribution >= 4 is 35.7 Å². The lowest BCUT2D eigenvalue weighted by Crippen LogP contribution is -2.46. The smallest absolute Gasteiger partial charge is 0.319 e. The summed E-state index contributed by atoms with van der Waals surface area (Å²) in [5, 5.41) is 8.51. The number of rotatable bonds is 6. The molecule has 2 fully saturated rings. The molecule has 3 rings (SSSR count). The summed E-state index contributed by atoms with van der Waals surface area (Å²) >= 11 is 0. The van der Waals surface area contributed by atoms with E-state index in [2.05, 4.69) is 16.0 Å². The molecule has 1 aromatic rings. The Balaban J connectivity index is 0.00000280. The second-order valence-electron chi connectivity index (χ2n) is 7.10. The molecule has 1 aromatic carbocycles. The molecule has 0 radical (unpaired) electrons. The lowest BCUT2D eigenvalue weighted by Gasteiger charge is -2.34. The molecule has 1 atom stereocenters. The van der Waals surface area contributed by atoms with Gasteiger partial charge < -0.3 is 31.2 Å². The van der Waals surface area contributed by atoms with E-state index in [9.17, 15) is 9.59 Å². The van der Waals surface area contributed by atoms with Crippen LogP contribution >= 0.6 is 12.4 Å². The lowest BCUT2D eigenvalue weighted by atomic mass is 9.79. The topological polar surface area (TPSA) is 115 Å². The second-order valence-corrected chi connectivity index (χ2v) is 7.10.